The molecule has 0 aliphatic heterocycles. The number of nitrogens with one attached hydrogen (secondary N) is 2. The van der Waals surface area contributed by atoms with Crippen molar-refractivity contribution in [3.05, 3.63) is 39.0 Å². The molecule has 110 valence electrons. The summed E-state index contributed by atoms with van der Waals surface area (Å²) in [5.41, 5.74) is 0.387. The topological polar surface area (TPSA) is 102 Å². The number of halogens is 1. The molecule has 8 nitrogen and oxygen atoms in total. The number of nitrogens with zero attached hydrogens (tertiary/aromatic N) is 3. The molecular formula is C12H12BrN5O3. The van der Waals surface area contributed by atoms with Gasteiger partial charge in [-0.05, 0) is 12.1 Å². The molecule has 0 radical (unpaired) electrons. The largest absolute Gasteiger partial charge is 0.497 e. The maximum absolute atomic E-state index is 11.0. The molecule has 0 spiro atoms. The van der Waals surface area contributed by atoms with Crippen molar-refractivity contribution in [2.45, 2.75) is 0 Å². The lowest BCUT2D eigenvalue weighted by Crippen LogP contribution is -2.04. The smallest absolute Gasteiger partial charge is 0.329 e. The summed E-state index contributed by atoms with van der Waals surface area (Å²) >= 11 is 3.34. The molecule has 0 amide bonds. The fraction of sp³-hybridized carbons (Fsp3) is 0.167. The van der Waals surface area contributed by atoms with Crippen LogP contribution in [0.25, 0.3) is 0 Å². The third-order valence-electron chi connectivity index (χ3n) is 2.56. The van der Waals surface area contributed by atoms with Crippen LogP contribution in [0.1, 0.15) is 0 Å². The van der Waals surface area contributed by atoms with E-state index in [4.69, 9.17) is 4.74 Å². The molecule has 9 heteroatoms. The summed E-state index contributed by atoms with van der Waals surface area (Å²) < 4.78 is 5.92. The minimum Gasteiger partial charge on any atom is -0.497 e. The number of hydrogen-bond acceptors (Lipinski definition) is 7. The molecule has 0 aliphatic rings. The number of aromatic nitrogens is 2. The Morgan fingerprint density at radius 3 is 2.76 bits per heavy atom. The van der Waals surface area contributed by atoms with Crippen molar-refractivity contribution in [1.29, 1.82) is 0 Å². The lowest BCUT2D eigenvalue weighted by atomic mass is 10.3. The van der Waals surface area contributed by atoms with E-state index in [0.29, 0.717) is 11.4 Å². The van der Waals surface area contributed by atoms with Gasteiger partial charge in [-0.3, -0.25) is 10.1 Å². The molecule has 0 atom stereocenters. The Kier molecular flexibility index (Phi) is 4.53. The number of hydrogen-bond donors (Lipinski definition) is 2. The van der Waals surface area contributed by atoms with Gasteiger partial charge < -0.3 is 15.4 Å². The lowest BCUT2D eigenvalue weighted by molar-refractivity contribution is -0.384. The highest BCUT2D eigenvalue weighted by atomic mass is 79.9. The minimum absolute atomic E-state index is 0.0968. The van der Waals surface area contributed by atoms with Crippen LogP contribution < -0.4 is 15.4 Å². The third kappa shape index (κ3) is 3.57. The zero-order chi connectivity index (χ0) is 15.4. The second-order valence-electron chi connectivity index (χ2n) is 3.94. The van der Waals surface area contributed by atoms with E-state index in [-0.39, 0.29) is 17.5 Å². The Morgan fingerprint density at radius 2 is 2.14 bits per heavy atom. The standard InChI is InChI=1S/C12H12BrN5O3/c1-14-12-15-6-10(18(19)20)11(17-12)16-8-3-7(13)4-9(5-8)21-2/h3-6H,1-2H3,(H2,14,15,16,17). The molecule has 0 saturated heterocycles. The van der Waals surface area contributed by atoms with Crippen LogP contribution in [-0.2, 0) is 0 Å². The monoisotopic (exact) mass is 353 g/mol. The van der Waals surface area contributed by atoms with Crippen LogP contribution in [0, 0.1) is 10.1 Å². The Hall–Kier alpha value is -2.42. The van der Waals surface area contributed by atoms with E-state index in [9.17, 15) is 10.1 Å². The summed E-state index contributed by atoms with van der Waals surface area (Å²) in [7, 11) is 3.17. The number of nitro groups is 1. The lowest BCUT2D eigenvalue weighted by Gasteiger charge is -2.09. The van der Waals surface area contributed by atoms with E-state index in [1.807, 2.05) is 0 Å². The predicted molar refractivity (Wildman–Crippen MR) is 82.2 cm³/mol. The Bertz CT molecular complexity index is 680. The van der Waals surface area contributed by atoms with Gasteiger partial charge >= 0.3 is 5.69 Å². The molecule has 2 N–H and O–H groups in total. The fourth-order valence-electron chi connectivity index (χ4n) is 1.61. The SMILES string of the molecule is CNc1ncc([N+](=O)[O-])c(Nc2cc(Br)cc(OC)c2)n1. The number of methoxy groups -OCH3 is 1. The number of rotatable bonds is 5. The zero-order valence-electron chi connectivity index (χ0n) is 11.3. The first-order valence-electron chi connectivity index (χ1n) is 5.84. The van der Waals surface area contributed by atoms with Crippen LogP contribution in [0.5, 0.6) is 5.75 Å². The minimum atomic E-state index is -0.545. The van der Waals surface area contributed by atoms with Gasteiger partial charge in [-0.2, -0.15) is 4.98 Å². The van der Waals surface area contributed by atoms with Gasteiger partial charge in [-0.1, -0.05) is 15.9 Å². The van der Waals surface area contributed by atoms with Crippen LogP contribution >= 0.6 is 15.9 Å². The van der Waals surface area contributed by atoms with Gasteiger partial charge in [0.2, 0.25) is 11.8 Å². The highest BCUT2D eigenvalue weighted by molar-refractivity contribution is 9.10. The second kappa shape index (κ2) is 6.35. The van der Waals surface area contributed by atoms with Crippen molar-refractivity contribution >= 4 is 39.1 Å². The molecule has 0 bridgehead atoms. The van der Waals surface area contributed by atoms with E-state index in [1.165, 1.54) is 7.11 Å². The average molecular weight is 354 g/mol. The van der Waals surface area contributed by atoms with E-state index < -0.39 is 4.92 Å². The molecule has 0 saturated carbocycles. The average Bonchev–Trinajstić information content (AvgIpc) is 2.46. The van der Waals surface area contributed by atoms with E-state index >= 15 is 0 Å². The summed E-state index contributed by atoms with van der Waals surface area (Å²) in [6, 6.07) is 5.24. The van der Waals surface area contributed by atoms with E-state index in [0.717, 1.165) is 10.7 Å². The molecule has 0 fully saturated rings. The maximum atomic E-state index is 11.0. The predicted octanol–water partition coefficient (Wildman–Crippen LogP) is 2.94. The van der Waals surface area contributed by atoms with Crippen LogP contribution in [0.15, 0.2) is 28.9 Å². The summed E-state index contributed by atoms with van der Waals surface area (Å²) in [5, 5.41) is 16.7. The van der Waals surface area contributed by atoms with Crippen molar-refractivity contribution in [2.24, 2.45) is 0 Å². The van der Waals surface area contributed by atoms with Gasteiger partial charge in [0.25, 0.3) is 0 Å². The molecule has 1 aromatic carbocycles. The van der Waals surface area contributed by atoms with Crippen LogP contribution in [-0.4, -0.2) is 29.0 Å². The molecule has 0 unspecified atom stereocenters. The summed E-state index contributed by atoms with van der Waals surface area (Å²) in [6.07, 6.45) is 1.15. The first-order chi connectivity index (χ1) is 10.0. The fourth-order valence-corrected chi connectivity index (χ4v) is 2.08. The number of ether oxygens (including phenoxy) is 1. The Balaban J connectivity index is 2.42. The molecule has 1 aromatic heterocycles. The molecule has 2 aromatic rings. The van der Waals surface area contributed by atoms with Crippen molar-refractivity contribution in [2.75, 3.05) is 24.8 Å². The normalized spacial score (nSPS) is 10.0. The molecule has 1 heterocycles. The van der Waals surface area contributed by atoms with E-state index in [1.54, 1.807) is 25.2 Å². The van der Waals surface area contributed by atoms with Crippen molar-refractivity contribution in [3.8, 4) is 5.75 Å². The Morgan fingerprint density at radius 1 is 1.38 bits per heavy atom. The molecule has 21 heavy (non-hydrogen) atoms. The highest BCUT2D eigenvalue weighted by Crippen LogP contribution is 2.30. The van der Waals surface area contributed by atoms with Crippen LogP contribution in [0.2, 0.25) is 0 Å². The van der Waals surface area contributed by atoms with Crippen molar-refractivity contribution in [1.82, 2.24) is 9.97 Å². The first-order valence-corrected chi connectivity index (χ1v) is 6.63. The number of benzene rings is 1. The van der Waals surface area contributed by atoms with Crippen LogP contribution in [0.4, 0.5) is 23.1 Å². The summed E-state index contributed by atoms with van der Waals surface area (Å²) in [4.78, 5) is 18.4. The molecule has 2 rings (SSSR count). The molecular weight excluding hydrogens is 342 g/mol. The van der Waals surface area contributed by atoms with Gasteiger partial charge in [0.15, 0.2) is 0 Å². The third-order valence-corrected chi connectivity index (χ3v) is 3.02. The van der Waals surface area contributed by atoms with Crippen molar-refractivity contribution < 1.29 is 9.66 Å². The van der Waals surface area contributed by atoms with Crippen LogP contribution in [0.3, 0.4) is 0 Å². The van der Waals surface area contributed by atoms with Crippen molar-refractivity contribution in [3.63, 3.8) is 0 Å². The van der Waals surface area contributed by atoms with Gasteiger partial charge in [-0.15, -0.1) is 0 Å². The summed E-state index contributed by atoms with van der Waals surface area (Å²) in [6.45, 7) is 0. The Labute approximate surface area is 128 Å². The number of anilines is 3. The quantitative estimate of drug-likeness (QED) is 0.629. The highest BCUT2D eigenvalue weighted by Gasteiger charge is 2.17. The van der Waals surface area contributed by atoms with Gasteiger partial charge in [-0.25, -0.2) is 4.98 Å². The van der Waals surface area contributed by atoms with Gasteiger partial charge in [0.05, 0.1) is 12.0 Å². The summed E-state index contributed by atoms with van der Waals surface area (Å²) in [5.74, 6) is 0.988. The molecule has 0 aliphatic carbocycles. The first kappa shape index (κ1) is 15.0. The second-order valence-corrected chi connectivity index (χ2v) is 4.85. The van der Waals surface area contributed by atoms with Gasteiger partial charge in [0, 0.05) is 23.3 Å². The van der Waals surface area contributed by atoms with E-state index in [2.05, 4.69) is 36.5 Å². The van der Waals surface area contributed by atoms with Gasteiger partial charge in [0.1, 0.15) is 11.9 Å². The zero-order valence-corrected chi connectivity index (χ0v) is 12.8. The maximum Gasteiger partial charge on any atom is 0.329 e.